The van der Waals surface area contributed by atoms with E-state index in [2.05, 4.69) is 0 Å². The molecule has 1 N–H and O–H groups in total. The minimum atomic E-state index is -0.867. The first kappa shape index (κ1) is 19.8. The number of ether oxygens (including phenoxy) is 5. The molecule has 6 heteroatoms. The highest BCUT2D eigenvalue weighted by Gasteiger charge is 2.44. The standard InChI is InChI=1S/C21H26O6/c1-23-17-10-8-16(9-11-17)12-25-14-18-20(19(22)21(24-2)27-18)26-13-15-6-4-3-5-7-15/h3-11,18-22H,12-14H2,1-2H3/t18-,19+,20-,21+/m1/s1. The molecule has 4 atom stereocenters. The van der Waals surface area contributed by atoms with Gasteiger partial charge >= 0.3 is 0 Å². The maximum atomic E-state index is 10.4. The van der Waals surface area contributed by atoms with E-state index in [1.807, 2.05) is 54.6 Å². The molecule has 1 aliphatic rings. The molecule has 2 aromatic rings. The zero-order valence-corrected chi connectivity index (χ0v) is 15.6. The van der Waals surface area contributed by atoms with Gasteiger partial charge < -0.3 is 28.8 Å². The van der Waals surface area contributed by atoms with E-state index in [-0.39, 0.29) is 0 Å². The Labute approximate surface area is 159 Å². The van der Waals surface area contributed by atoms with Crippen molar-refractivity contribution in [2.75, 3.05) is 20.8 Å². The van der Waals surface area contributed by atoms with Crippen LogP contribution in [0.2, 0.25) is 0 Å². The Hall–Kier alpha value is -1.96. The number of aliphatic hydroxyl groups is 1. The molecule has 1 heterocycles. The van der Waals surface area contributed by atoms with Crippen LogP contribution in [-0.2, 0) is 32.2 Å². The summed E-state index contributed by atoms with van der Waals surface area (Å²) in [4.78, 5) is 0. The van der Waals surface area contributed by atoms with Gasteiger partial charge in [0, 0.05) is 7.11 Å². The summed E-state index contributed by atoms with van der Waals surface area (Å²) < 4.78 is 27.8. The van der Waals surface area contributed by atoms with Gasteiger partial charge in [-0.25, -0.2) is 0 Å². The lowest BCUT2D eigenvalue weighted by molar-refractivity contribution is -0.156. The molecule has 0 bridgehead atoms. The highest BCUT2D eigenvalue weighted by Crippen LogP contribution is 2.26. The number of aliphatic hydroxyl groups excluding tert-OH is 1. The van der Waals surface area contributed by atoms with Crippen molar-refractivity contribution in [2.45, 2.75) is 37.8 Å². The van der Waals surface area contributed by atoms with Gasteiger partial charge in [0.15, 0.2) is 6.29 Å². The van der Waals surface area contributed by atoms with Gasteiger partial charge in [-0.2, -0.15) is 0 Å². The molecule has 0 aromatic heterocycles. The molecule has 0 unspecified atom stereocenters. The summed E-state index contributed by atoms with van der Waals surface area (Å²) in [6.45, 7) is 1.11. The van der Waals surface area contributed by atoms with Crippen LogP contribution in [0.4, 0.5) is 0 Å². The smallest absolute Gasteiger partial charge is 0.186 e. The Morgan fingerprint density at radius 2 is 1.63 bits per heavy atom. The number of methoxy groups -OCH3 is 2. The van der Waals surface area contributed by atoms with Crippen LogP contribution in [0, 0.1) is 0 Å². The highest BCUT2D eigenvalue weighted by molar-refractivity contribution is 5.26. The maximum Gasteiger partial charge on any atom is 0.186 e. The quantitative estimate of drug-likeness (QED) is 0.728. The molecule has 1 aliphatic heterocycles. The van der Waals surface area contributed by atoms with Gasteiger partial charge in [0.05, 0.1) is 26.9 Å². The normalized spacial score (nSPS) is 24.9. The topological polar surface area (TPSA) is 66.4 Å². The summed E-state index contributed by atoms with van der Waals surface area (Å²) in [7, 11) is 3.14. The molecular weight excluding hydrogens is 348 g/mol. The van der Waals surface area contributed by atoms with Crippen molar-refractivity contribution >= 4 is 0 Å². The van der Waals surface area contributed by atoms with E-state index in [0.29, 0.717) is 19.8 Å². The first-order valence-corrected chi connectivity index (χ1v) is 8.94. The van der Waals surface area contributed by atoms with E-state index in [0.717, 1.165) is 16.9 Å². The van der Waals surface area contributed by atoms with Gasteiger partial charge in [-0.3, -0.25) is 0 Å². The largest absolute Gasteiger partial charge is 0.497 e. The van der Waals surface area contributed by atoms with Gasteiger partial charge in [0.1, 0.15) is 24.1 Å². The zero-order valence-electron chi connectivity index (χ0n) is 15.6. The van der Waals surface area contributed by atoms with Crippen LogP contribution in [0.15, 0.2) is 54.6 Å². The van der Waals surface area contributed by atoms with Gasteiger partial charge in [-0.05, 0) is 23.3 Å². The van der Waals surface area contributed by atoms with Crippen LogP contribution in [0.5, 0.6) is 5.75 Å². The number of hydrogen-bond acceptors (Lipinski definition) is 6. The average Bonchev–Trinajstić information content (AvgIpc) is 3.02. The summed E-state index contributed by atoms with van der Waals surface area (Å²) >= 11 is 0. The second-order valence-electron chi connectivity index (χ2n) is 6.39. The summed E-state index contributed by atoms with van der Waals surface area (Å²) in [5.41, 5.74) is 2.06. The van der Waals surface area contributed by atoms with Crippen LogP contribution in [-0.4, -0.2) is 50.5 Å². The van der Waals surface area contributed by atoms with Crippen LogP contribution in [0.3, 0.4) is 0 Å². The Bertz CT molecular complexity index is 675. The fraction of sp³-hybridized carbons (Fsp3) is 0.429. The molecule has 0 saturated carbocycles. The van der Waals surface area contributed by atoms with Crippen molar-refractivity contribution in [3.8, 4) is 5.75 Å². The van der Waals surface area contributed by atoms with Crippen molar-refractivity contribution in [3.05, 3.63) is 65.7 Å². The lowest BCUT2D eigenvalue weighted by Crippen LogP contribution is -2.37. The maximum absolute atomic E-state index is 10.4. The predicted octanol–water partition coefficient (Wildman–Crippen LogP) is 2.53. The minimum absolute atomic E-state index is 0.294. The fourth-order valence-corrected chi connectivity index (χ4v) is 3.02. The van der Waals surface area contributed by atoms with E-state index >= 15 is 0 Å². The molecule has 0 spiro atoms. The molecule has 0 radical (unpaired) electrons. The molecular formula is C21H26O6. The molecule has 2 aromatic carbocycles. The monoisotopic (exact) mass is 374 g/mol. The predicted molar refractivity (Wildman–Crippen MR) is 99.3 cm³/mol. The summed E-state index contributed by atoms with van der Waals surface area (Å²) in [6, 6.07) is 17.5. The third kappa shape index (κ3) is 5.28. The average molecular weight is 374 g/mol. The number of rotatable bonds is 9. The second kappa shape index (κ2) is 9.82. The molecule has 27 heavy (non-hydrogen) atoms. The van der Waals surface area contributed by atoms with Crippen molar-refractivity contribution < 1.29 is 28.8 Å². The van der Waals surface area contributed by atoms with Gasteiger partial charge in [0.2, 0.25) is 0 Å². The lowest BCUT2D eigenvalue weighted by Gasteiger charge is -2.21. The third-order valence-electron chi connectivity index (χ3n) is 4.52. The Kier molecular flexibility index (Phi) is 7.20. The Morgan fingerprint density at radius 3 is 2.30 bits per heavy atom. The van der Waals surface area contributed by atoms with Crippen molar-refractivity contribution in [1.29, 1.82) is 0 Å². The Balaban J connectivity index is 1.54. The van der Waals surface area contributed by atoms with Crippen molar-refractivity contribution in [1.82, 2.24) is 0 Å². The van der Waals surface area contributed by atoms with Crippen LogP contribution in [0.1, 0.15) is 11.1 Å². The molecule has 1 saturated heterocycles. The summed E-state index contributed by atoms with van der Waals surface area (Å²) in [5, 5.41) is 10.4. The number of benzene rings is 2. The number of hydrogen-bond donors (Lipinski definition) is 1. The molecule has 1 fully saturated rings. The summed E-state index contributed by atoms with van der Waals surface area (Å²) in [5.74, 6) is 0.804. The minimum Gasteiger partial charge on any atom is -0.497 e. The zero-order chi connectivity index (χ0) is 19.1. The van der Waals surface area contributed by atoms with Crippen LogP contribution >= 0.6 is 0 Å². The Morgan fingerprint density at radius 1 is 0.926 bits per heavy atom. The fourth-order valence-electron chi connectivity index (χ4n) is 3.02. The molecule has 3 rings (SSSR count). The second-order valence-corrected chi connectivity index (χ2v) is 6.39. The van der Waals surface area contributed by atoms with E-state index in [1.165, 1.54) is 7.11 Å². The molecule has 146 valence electrons. The van der Waals surface area contributed by atoms with Gasteiger partial charge in [-0.1, -0.05) is 42.5 Å². The van der Waals surface area contributed by atoms with Gasteiger partial charge in [0.25, 0.3) is 0 Å². The van der Waals surface area contributed by atoms with E-state index in [9.17, 15) is 5.11 Å². The summed E-state index contributed by atoms with van der Waals surface area (Å²) in [6.07, 6.45) is -2.52. The van der Waals surface area contributed by atoms with E-state index < -0.39 is 24.6 Å². The highest BCUT2D eigenvalue weighted by atomic mass is 16.7. The third-order valence-corrected chi connectivity index (χ3v) is 4.52. The van der Waals surface area contributed by atoms with E-state index in [4.69, 9.17) is 23.7 Å². The molecule has 6 nitrogen and oxygen atoms in total. The first-order valence-electron chi connectivity index (χ1n) is 8.94. The van der Waals surface area contributed by atoms with Crippen LogP contribution in [0.25, 0.3) is 0 Å². The first-order chi connectivity index (χ1) is 13.2. The SMILES string of the molecule is COc1ccc(COC[C@H]2O[C@H](OC)[C@@H](O)[C@@H]2OCc2ccccc2)cc1. The van der Waals surface area contributed by atoms with Crippen LogP contribution < -0.4 is 4.74 Å². The van der Waals surface area contributed by atoms with Crippen molar-refractivity contribution in [2.24, 2.45) is 0 Å². The van der Waals surface area contributed by atoms with E-state index in [1.54, 1.807) is 7.11 Å². The lowest BCUT2D eigenvalue weighted by atomic mass is 10.1. The molecule has 0 amide bonds. The molecule has 0 aliphatic carbocycles. The van der Waals surface area contributed by atoms with Crippen molar-refractivity contribution in [3.63, 3.8) is 0 Å². The van der Waals surface area contributed by atoms with Gasteiger partial charge in [-0.15, -0.1) is 0 Å².